The zero-order valence-corrected chi connectivity index (χ0v) is 17.0. The summed E-state index contributed by atoms with van der Waals surface area (Å²) in [5, 5.41) is 11.0. The molecule has 2 aromatic carbocycles. The second kappa shape index (κ2) is 8.23. The van der Waals surface area contributed by atoms with Crippen molar-refractivity contribution in [1.29, 1.82) is 0 Å². The highest BCUT2D eigenvalue weighted by Gasteiger charge is 2.38. The van der Waals surface area contributed by atoms with Crippen LogP contribution in [0.5, 0.6) is 0 Å². The first kappa shape index (κ1) is 20.0. The van der Waals surface area contributed by atoms with Gasteiger partial charge in [-0.3, -0.25) is 19.7 Å². The van der Waals surface area contributed by atoms with Crippen LogP contribution in [-0.2, 0) is 6.54 Å². The molecule has 2 aliphatic rings. The van der Waals surface area contributed by atoms with Crippen LogP contribution in [0, 0.1) is 10.1 Å². The number of fused-ring (bicyclic) bond motifs is 1. The molecular formula is C22H25N4O4+. The van der Waals surface area contributed by atoms with Gasteiger partial charge in [-0.2, -0.15) is 0 Å². The van der Waals surface area contributed by atoms with Crippen LogP contribution < -0.4 is 9.80 Å². The molecule has 8 nitrogen and oxygen atoms in total. The van der Waals surface area contributed by atoms with Crippen molar-refractivity contribution >= 4 is 23.2 Å². The summed E-state index contributed by atoms with van der Waals surface area (Å²) in [7, 11) is 1.94. The average Bonchev–Trinajstić information content (AvgIpc) is 2.99. The number of imide groups is 1. The fourth-order valence-corrected chi connectivity index (χ4v) is 4.29. The number of para-hydroxylation sites is 1. The number of non-ortho nitro benzene ring substituents is 1. The second-order valence-corrected chi connectivity index (χ2v) is 7.99. The third-order valence-electron chi connectivity index (χ3n) is 5.77. The minimum Gasteiger partial charge on any atom is -0.371 e. The number of carbonyl (C=O) groups excluding carboxylic acids is 2. The van der Waals surface area contributed by atoms with Crippen molar-refractivity contribution < 1.29 is 19.4 Å². The Hall–Kier alpha value is -3.26. The smallest absolute Gasteiger partial charge is 0.270 e. The summed E-state index contributed by atoms with van der Waals surface area (Å²) in [5.41, 5.74) is 2.55. The number of carbonyl (C=O) groups is 2. The van der Waals surface area contributed by atoms with Gasteiger partial charge in [0.25, 0.3) is 17.5 Å². The Morgan fingerprint density at radius 1 is 1.00 bits per heavy atom. The number of nitrogens with zero attached hydrogens (tertiary/aromatic N) is 3. The second-order valence-electron chi connectivity index (χ2n) is 7.99. The van der Waals surface area contributed by atoms with Gasteiger partial charge < -0.3 is 9.80 Å². The molecule has 1 saturated heterocycles. The lowest BCUT2D eigenvalue weighted by atomic mass is 10.1. The fourth-order valence-electron chi connectivity index (χ4n) is 4.29. The van der Waals surface area contributed by atoms with E-state index in [1.165, 1.54) is 53.6 Å². The Morgan fingerprint density at radius 2 is 1.70 bits per heavy atom. The first-order chi connectivity index (χ1) is 14.5. The van der Waals surface area contributed by atoms with Crippen molar-refractivity contribution in [1.82, 2.24) is 4.90 Å². The summed E-state index contributed by atoms with van der Waals surface area (Å²) in [6.07, 6.45) is 3.65. The highest BCUT2D eigenvalue weighted by molar-refractivity contribution is 6.21. The number of piperidine rings is 1. The molecule has 8 heteroatoms. The standard InChI is InChI=1S/C22H24N4O4/c1-23(14-16-7-3-4-8-20(16)24-11-5-2-6-12-24)15-25-21(27)18-10-9-17(26(29)30)13-19(18)22(25)28/h3-4,7-10,13H,2,5-6,11-12,14-15H2,1H3/p+1. The van der Waals surface area contributed by atoms with Gasteiger partial charge >= 0.3 is 0 Å². The Morgan fingerprint density at radius 3 is 2.43 bits per heavy atom. The third-order valence-corrected chi connectivity index (χ3v) is 5.77. The number of nitrogens with one attached hydrogen (secondary N) is 1. The molecule has 0 aliphatic carbocycles. The Labute approximate surface area is 174 Å². The van der Waals surface area contributed by atoms with Gasteiger partial charge in [0, 0.05) is 36.5 Å². The molecule has 2 amide bonds. The number of rotatable bonds is 6. The van der Waals surface area contributed by atoms with Gasteiger partial charge in [-0.15, -0.1) is 0 Å². The zero-order chi connectivity index (χ0) is 21.3. The minimum absolute atomic E-state index is 0.107. The van der Waals surface area contributed by atoms with Crippen LogP contribution in [0.4, 0.5) is 11.4 Å². The summed E-state index contributed by atoms with van der Waals surface area (Å²) < 4.78 is 0. The molecule has 2 heterocycles. The largest absolute Gasteiger partial charge is 0.371 e. The van der Waals surface area contributed by atoms with Gasteiger partial charge in [0.1, 0.15) is 6.54 Å². The summed E-state index contributed by atoms with van der Waals surface area (Å²) in [6, 6.07) is 12.1. The minimum atomic E-state index is -0.560. The molecule has 1 N–H and O–H groups in total. The molecule has 4 rings (SSSR count). The Balaban J connectivity index is 1.49. The van der Waals surface area contributed by atoms with Gasteiger partial charge in [0.15, 0.2) is 6.67 Å². The van der Waals surface area contributed by atoms with Crippen molar-refractivity contribution in [3.05, 3.63) is 69.3 Å². The van der Waals surface area contributed by atoms with Crippen LogP contribution >= 0.6 is 0 Å². The van der Waals surface area contributed by atoms with E-state index in [2.05, 4.69) is 17.0 Å². The highest BCUT2D eigenvalue weighted by atomic mass is 16.6. The maximum Gasteiger partial charge on any atom is 0.270 e. The number of hydrogen-bond donors (Lipinski definition) is 1. The Kier molecular flexibility index (Phi) is 5.50. The van der Waals surface area contributed by atoms with Gasteiger partial charge in [-0.25, -0.2) is 4.90 Å². The molecule has 156 valence electrons. The van der Waals surface area contributed by atoms with E-state index >= 15 is 0 Å². The van der Waals surface area contributed by atoms with E-state index in [1.54, 1.807) is 0 Å². The molecule has 30 heavy (non-hydrogen) atoms. The van der Waals surface area contributed by atoms with Gasteiger partial charge in [-0.05, 0) is 31.4 Å². The number of benzene rings is 2. The topological polar surface area (TPSA) is 88.2 Å². The fraction of sp³-hybridized carbons (Fsp3) is 0.364. The third kappa shape index (κ3) is 3.78. The quantitative estimate of drug-likeness (QED) is 0.447. The predicted octanol–water partition coefficient (Wildman–Crippen LogP) is 1.85. The summed E-state index contributed by atoms with van der Waals surface area (Å²) >= 11 is 0. The molecule has 0 spiro atoms. The van der Waals surface area contributed by atoms with Crippen molar-refractivity contribution in [3.8, 4) is 0 Å². The molecule has 0 bridgehead atoms. The summed E-state index contributed by atoms with van der Waals surface area (Å²) in [5.74, 6) is -0.865. The highest BCUT2D eigenvalue weighted by Crippen LogP contribution is 2.26. The maximum atomic E-state index is 12.7. The van der Waals surface area contributed by atoms with E-state index in [1.807, 2.05) is 19.2 Å². The number of amides is 2. The van der Waals surface area contributed by atoms with Crippen molar-refractivity contribution in [3.63, 3.8) is 0 Å². The summed E-state index contributed by atoms with van der Waals surface area (Å²) in [4.78, 5) is 40.5. The van der Waals surface area contributed by atoms with Crippen molar-refractivity contribution in [2.75, 3.05) is 31.7 Å². The van der Waals surface area contributed by atoms with Crippen LogP contribution in [0.2, 0.25) is 0 Å². The van der Waals surface area contributed by atoms with E-state index in [0.29, 0.717) is 6.54 Å². The SMILES string of the molecule is C[NH+](Cc1ccccc1N1CCCCC1)CN1C(=O)c2ccc([N+](=O)[O-])cc2C1=O. The van der Waals surface area contributed by atoms with E-state index < -0.39 is 16.7 Å². The molecule has 1 fully saturated rings. The molecule has 1 atom stereocenters. The van der Waals surface area contributed by atoms with Crippen LogP contribution in [0.15, 0.2) is 42.5 Å². The first-order valence-corrected chi connectivity index (χ1v) is 10.2. The normalized spacial score (nSPS) is 17.2. The van der Waals surface area contributed by atoms with Crippen molar-refractivity contribution in [2.24, 2.45) is 0 Å². The molecule has 0 radical (unpaired) electrons. The lowest BCUT2D eigenvalue weighted by Gasteiger charge is -2.31. The van der Waals surface area contributed by atoms with E-state index in [-0.39, 0.29) is 23.5 Å². The summed E-state index contributed by atoms with van der Waals surface area (Å²) in [6.45, 7) is 2.97. The maximum absolute atomic E-state index is 12.7. The van der Waals surface area contributed by atoms with Gasteiger partial charge in [0.2, 0.25) is 0 Å². The average molecular weight is 409 g/mol. The lowest BCUT2D eigenvalue weighted by Crippen LogP contribution is -3.09. The van der Waals surface area contributed by atoms with Crippen LogP contribution in [-0.4, -0.2) is 48.4 Å². The van der Waals surface area contributed by atoms with E-state index in [4.69, 9.17) is 0 Å². The van der Waals surface area contributed by atoms with Gasteiger partial charge in [0.05, 0.1) is 23.1 Å². The molecule has 2 aromatic rings. The van der Waals surface area contributed by atoms with Crippen LogP contribution in [0.25, 0.3) is 0 Å². The molecular weight excluding hydrogens is 384 g/mol. The zero-order valence-electron chi connectivity index (χ0n) is 17.0. The van der Waals surface area contributed by atoms with Gasteiger partial charge in [-0.1, -0.05) is 18.2 Å². The predicted molar refractivity (Wildman–Crippen MR) is 112 cm³/mol. The number of nitro benzene ring substituents is 1. The van der Waals surface area contributed by atoms with E-state index in [9.17, 15) is 19.7 Å². The Bertz CT molecular complexity index is 1000. The number of anilines is 1. The number of quaternary nitrogens is 1. The van der Waals surface area contributed by atoms with Crippen molar-refractivity contribution in [2.45, 2.75) is 25.8 Å². The number of hydrogen-bond acceptors (Lipinski definition) is 5. The number of nitro groups is 1. The van der Waals surface area contributed by atoms with Crippen LogP contribution in [0.1, 0.15) is 45.5 Å². The molecule has 0 saturated carbocycles. The van der Waals surface area contributed by atoms with Crippen LogP contribution in [0.3, 0.4) is 0 Å². The lowest BCUT2D eigenvalue weighted by molar-refractivity contribution is -0.901. The molecule has 0 aromatic heterocycles. The monoisotopic (exact) mass is 409 g/mol. The molecule has 2 aliphatic heterocycles. The molecule has 1 unspecified atom stereocenters. The first-order valence-electron chi connectivity index (χ1n) is 10.2. The van der Waals surface area contributed by atoms with E-state index in [0.717, 1.165) is 18.0 Å².